The minimum absolute atomic E-state index is 0.0169. The zero-order valence-corrected chi connectivity index (χ0v) is 32.8. The maximum absolute atomic E-state index is 13.9. The minimum atomic E-state index is -2.46. The molecule has 0 saturated carbocycles. The predicted octanol–water partition coefficient (Wildman–Crippen LogP) is -1.65. The molecule has 62 heavy (non-hydrogen) atoms. The number of carboxylic acid groups (broad SMARTS) is 1. The van der Waals surface area contributed by atoms with Crippen LogP contribution in [0.25, 0.3) is 22.3 Å². The lowest BCUT2D eigenvalue weighted by molar-refractivity contribution is -0.338. The number of ether oxygens (including phenoxy) is 4. The smallest absolute Gasteiger partial charge is 0.340 e. The van der Waals surface area contributed by atoms with E-state index in [1.807, 2.05) is 6.08 Å². The normalized spacial score (nSPS) is 34.5. The number of aromatic hydroxyl groups is 3. The van der Waals surface area contributed by atoms with Gasteiger partial charge in [-0.25, -0.2) is 9.59 Å². The molecule has 13 unspecified atom stereocenters. The maximum Gasteiger partial charge on any atom is 0.340 e. The third-order valence-electron chi connectivity index (χ3n) is 12.3. The molecule has 3 saturated heterocycles. The standard InChI is InChI=1S/C41H46N2O19/c1-14-3-6-42-37-19(14)9-17(13-43-37)18-2-5-41(36(54)32(52)31(51)35(62-41)39(57)60-40-33(53)29(49)30(50)34(59-40)38(55)56)61-24-12-23-26(28(48)25(18)24)20(45)11-22(58-23)16-8-15(4-7-44)27(47)21(46)10-16/h8-14,18,29-37,40,42-44,46-54H,2-7H2,1H3,(H,55,56). The van der Waals surface area contributed by atoms with Crippen molar-refractivity contribution >= 4 is 22.9 Å². The van der Waals surface area contributed by atoms with Gasteiger partial charge in [0.25, 0.3) is 0 Å². The van der Waals surface area contributed by atoms with Crippen LogP contribution in [0.5, 0.6) is 23.0 Å². The van der Waals surface area contributed by atoms with Crippen molar-refractivity contribution < 1.29 is 89.1 Å². The molecule has 21 heteroatoms. The summed E-state index contributed by atoms with van der Waals surface area (Å²) in [5.74, 6) is -8.60. The molecule has 21 nitrogen and oxygen atoms in total. The molecule has 3 aromatic rings. The first-order valence-electron chi connectivity index (χ1n) is 19.9. The number of hydrogen-bond acceptors (Lipinski definition) is 20. The van der Waals surface area contributed by atoms with Crippen LogP contribution in [0.15, 0.2) is 56.9 Å². The van der Waals surface area contributed by atoms with Crippen molar-refractivity contribution in [3.8, 4) is 34.3 Å². The fraction of sp³-hybridized carbons (Fsp3) is 0.488. The third-order valence-corrected chi connectivity index (χ3v) is 12.3. The number of phenols is 3. The molecule has 6 heterocycles. The maximum atomic E-state index is 13.9. The first kappa shape index (κ1) is 43.3. The number of hydrogen-bond donors (Lipinski definition) is 13. The average Bonchev–Trinajstić information content (AvgIpc) is 3.40. The zero-order valence-electron chi connectivity index (χ0n) is 32.8. The number of carboxylic acids is 1. The van der Waals surface area contributed by atoms with E-state index in [1.165, 1.54) is 12.1 Å². The molecule has 334 valence electrons. The second kappa shape index (κ2) is 16.4. The predicted molar refractivity (Wildman–Crippen MR) is 207 cm³/mol. The Morgan fingerprint density at radius 1 is 0.919 bits per heavy atom. The molecule has 0 bridgehead atoms. The van der Waals surface area contributed by atoms with Crippen molar-refractivity contribution in [2.75, 3.05) is 13.2 Å². The Morgan fingerprint density at radius 3 is 2.39 bits per heavy atom. The van der Waals surface area contributed by atoms with Crippen molar-refractivity contribution in [2.45, 2.75) is 106 Å². The topological polar surface area (TPSA) is 348 Å². The molecule has 8 rings (SSSR count). The second-order valence-electron chi connectivity index (χ2n) is 16.1. The quantitative estimate of drug-likeness (QED) is 0.0934. The van der Waals surface area contributed by atoms with Crippen LogP contribution < -0.4 is 20.8 Å². The lowest BCUT2D eigenvalue weighted by atomic mass is 9.80. The summed E-state index contributed by atoms with van der Waals surface area (Å²) in [6.07, 6.45) is -16.0. The Kier molecular flexibility index (Phi) is 11.5. The molecule has 2 aromatic carbocycles. The van der Waals surface area contributed by atoms with Gasteiger partial charge in [0.05, 0.1) is 6.17 Å². The number of piperidine rings is 1. The van der Waals surface area contributed by atoms with Crippen molar-refractivity contribution in [1.82, 2.24) is 10.6 Å². The summed E-state index contributed by atoms with van der Waals surface area (Å²) >= 11 is 0. The van der Waals surface area contributed by atoms with E-state index in [1.54, 1.807) is 6.20 Å². The molecule has 5 aliphatic rings. The molecule has 5 aliphatic heterocycles. The molecule has 1 spiro atoms. The molecule has 3 fully saturated rings. The Labute approximate surface area is 350 Å². The van der Waals surface area contributed by atoms with Gasteiger partial charge in [0.1, 0.15) is 64.9 Å². The Balaban J connectivity index is 1.23. The number of esters is 1. The van der Waals surface area contributed by atoms with E-state index in [0.717, 1.165) is 30.7 Å². The second-order valence-corrected chi connectivity index (χ2v) is 16.1. The number of rotatable bonds is 7. The number of benzene rings is 2. The number of dihydropyridines is 1. The highest BCUT2D eigenvalue weighted by molar-refractivity contribution is 5.89. The van der Waals surface area contributed by atoms with Crippen LogP contribution in [0.2, 0.25) is 0 Å². The van der Waals surface area contributed by atoms with E-state index in [9.17, 15) is 70.6 Å². The molecule has 0 radical (unpaired) electrons. The van der Waals surface area contributed by atoms with Crippen molar-refractivity contribution in [3.05, 3.63) is 69.0 Å². The van der Waals surface area contributed by atoms with E-state index in [4.69, 9.17) is 23.4 Å². The summed E-state index contributed by atoms with van der Waals surface area (Å²) in [6.45, 7) is 2.42. The number of phenolic OH excluding ortho intramolecular Hbond substituents is 3. The minimum Gasteiger partial charge on any atom is -0.507 e. The number of carbonyl (C=O) groups excluding carboxylic acids is 1. The number of fused-ring (bicyclic) bond motifs is 3. The van der Waals surface area contributed by atoms with Gasteiger partial charge in [0.15, 0.2) is 29.1 Å². The van der Waals surface area contributed by atoms with Crippen molar-refractivity contribution in [2.24, 2.45) is 5.92 Å². The molecule has 13 atom stereocenters. The first-order valence-corrected chi connectivity index (χ1v) is 19.9. The third kappa shape index (κ3) is 7.32. The highest BCUT2D eigenvalue weighted by atomic mass is 16.8. The highest BCUT2D eigenvalue weighted by Crippen LogP contribution is 2.52. The zero-order chi connectivity index (χ0) is 44.5. The molecule has 13 N–H and O–H groups in total. The number of nitrogens with one attached hydrogen (secondary N) is 2. The average molecular weight is 871 g/mol. The summed E-state index contributed by atoms with van der Waals surface area (Å²) < 4.78 is 28.8. The van der Waals surface area contributed by atoms with Crippen LogP contribution in [0.1, 0.15) is 43.2 Å². The van der Waals surface area contributed by atoms with Gasteiger partial charge in [-0.1, -0.05) is 13.0 Å². The van der Waals surface area contributed by atoms with Crippen LogP contribution >= 0.6 is 0 Å². The Hall–Kier alpha value is -5.33. The molecular formula is C41H46N2O19. The molecular weight excluding hydrogens is 824 g/mol. The monoisotopic (exact) mass is 870 g/mol. The molecule has 0 amide bonds. The number of aliphatic carboxylic acids is 1. The summed E-state index contributed by atoms with van der Waals surface area (Å²) in [4.78, 5) is 39.3. The van der Waals surface area contributed by atoms with Crippen LogP contribution in [0.4, 0.5) is 0 Å². The summed E-state index contributed by atoms with van der Waals surface area (Å²) in [6, 6.07) is 4.78. The van der Waals surface area contributed by atoms with E-state index in [0.29, 0.717) is 5.57 Å². The summed E-state index contributed by atoms with van der Waals surface area (Å²) in [5.41, 5.74) is 0.823. The lowest BCUT2D eigenvalue weighted by Crippen LogP contribution is -2.68. The van der Waals surface area contributed by atoms with Gasteiger partial charge in [0.2, 0.25) is 12.1 Å². The van der Waals surface area contributed by atoms with Gasteiger partial charge < -0.3 is 84.9 Å². The van der Waals surface area contributed by atoms with Gasteiger partial charge in [-0.05, 0) is 55.0 Å². The number of aliphatic hydroxyl groups excluding tert-OH is 7. The first-order chi connectivity index (χ1) is 29.4. The van der Waals surface area contributed by atoms with Crippen LogP contribution in [0.3, 0.4) is 0 Å². The Morgan fingerprint density at radius 2 is 1.66 bits per heavy atom. The fourth-order valence-corrected chi connectivity index (χ4v) is 8.85. The largest absolute Gasteiger partial charge is 0.507 e. The van der Waals surface area contributed by atoms with Crippen molar-refractivity contribution in [1.29, 1.82) is 0 Å². The van der Waals surface area contributed by atoms with E-state index in [2.05, 4.69) is 17.6 Å². The van der Waals surface area contributed by atoms with Crippen LogP contribution in [0, 0.1) is 5.92 Å². The number of aliphatic hydroxyl groups is 7. The van der Waals surface area contributed by atoms with Gasteiger partial charge >= 0.3 is 11.9 Å². The lowest BCUT2D eigenvalue weighted by Gasteiger charge is -2.47. The molecule has 1 aromatic heterocycles. The van der Waals surface area contributed by atoms with Crippen LogP contribution in [-0.4, -0.2) is 148 Å². The van der Waals surface area contributed by atoms with Gasteiger partial charge in [-0.2, -0.15) is 0 Å². The summed E-state index contributed by atoms with van der Waals surface area (Å²) in [5, 5.41) is 123. The van der Waals surface area contributed by atoms with E-state index in [-0.39, 0.29) is 77.1 Å². The van der Waals surface area contributed by atoms with Gasteiger partial charge in [0, 0.05) is 54.0 Å². The van der Waals surface area contributed by atoms with E-state index >= 15 is 0 Å². The number of carbonyl (C=O) groups is 2. The van der Waals surface area contributed by atoms with Crippen LogP contribution in [-0.2, 0) is 30.2 Å². The summed E-state index contributed by atoms with van der Waals surface area (Å²) in [7, 11) is 0. The Bertz CT molecular complexity index is 2400. The van der Waals surface area contributed by atoms with E-state index < -0.39 is 101 Å². The number of allylic oxidation sites excluding steroid dienone is 2. The van der Waals surface area contributed by atoms with Gasteiger partial charge in [-0.15, -0.1) is 0 Å². The fourth-order valence-electron chi connectivity index (χ4n) is 8.85. The SMILES string of the molecule is CC1CCNC2NC=C(C3CCC4(Oc5cc6oc(-c7cc(O)c(O)c(CCO)c7)cc(=O)c6c(O)c53)OC(C(=O)OC3OC(C(=O)O)C(O)C(O)C3O)C(O)C(O)C4O)C=C12. The van der Waals surface area contributed by atoms with Gasteiger partial charge in [-0.3, -0.25) is 10.1 Å². The highest BCUT2D eigenvalue weighted by Gasteiger charge is 2.60. The molecule has 0 aliphatic carbocycles. The van der Waals surface area contributed by atoms with Crippen molar-refractivity contribution in [3.63, 3.8) is 0 Å².